The van der Waals surface area contributed by atoms with Crippen molar-refractivity contribution in [2.24, 2.45) is 5.92 Å². The minimum atomic E-state index is -0.280. The largest absolute Gasteiger partial charge is 0.342 e. The lowest BCUT2D eigenvalue weighted by Crippen LogP contribution is -2.35. The highest BCUT2D eigenvalue weighted by Gasteiger charge is 2.35. The molecule has 1 aliphatic rings. The Morgan fingerprint density at radius 1 is 1.13 bits per heavy atom. The van der Waals surface area contributed by atoms with E-state index >= 15 is 0 Å². The zero-order chi connectivity index (χ0) is 21.1. The number of para-hydroxylation sites is 2. The maximum Gasteiger partial charge on any atom is 0.228 e. The topological polar surface area (TPSA) is 58.4 Å². The molecule has 2 heterocycles. The van der Waals surface area contributed by atoms with E-state index in [1.54, 1.807) is 11.9 Å². The molecular weight excluding hydrogens is 376 g/mol. The van der Waals surface area contributed by atoms with Gasteiger partial charge in [-0.3, -0.25) is 9.59 Å². The van der Waals surface area contributed by atoms with Crippen molar-refractivity contribution in [1.29, 1.82) is 0 Å². The van der Waals surface area contributed by atoms with Gasteiger partial charge in [0.15, 0.2) is 0 Å². The number of fused-ring (bicyclic) bond motifs is 1. The van der Waals surface area contributed by atoms with Gasteiger partial charge in [-0.1, -0.05) is 42.5 Å². The minimum Gasteiger partial charge on any atom is -0.342 e. The number of hydrogen-bond acceptors (Lipinski definition) is 3. The van der Waals surface area contributed by atoms with Gasteiger partial charge in [0.25, 0.3) is 0 Å². The molecule has 1 aliphatic heterocycles. The van der Waals surface area contributed by atoms with Gasteiger partial charge in [0.05, 0.1) is 23.5 Å². The summed E-state index contributed by atoms with van der Waals surface area (Å²) in [5.74, 6) is 0.677. The molecule has 2 aromatic carbocycles. The highest BCUT2D eigenvalue weighted by molar-refractivity contribution is 5.89. The Morgan fingerprint density at radius 2 is 1.87 bits per heavy atom. The van der Waals surface area contributed by atoms with Gasteiger partial charge in [0.2, 0.25) is 11.8 Å². The first-order valence-corrected chi connectivity index (χ1v) is 10.6. The monoisotopic (exact) mass is 404 g/mol. The van der Waals surface area contributed by atoms with E-state index in [2.05, 4.69) is 29.7 Å². The van der Waals surface area contributed by atoms with Gasteiger partial charge in [0, 0.05) is 33.1 Å². The third-order valence-electron chi connectivity index (χ3n) is 5.88. The predicted octanol–water partition coefficient (Wildman–Crippen LogP) is 3.11. The van der Waals surface area contributed by atoms with Gasteiger partial charge >= 0.3 is 0 Å². The van der Waals surface area contributed by atoms with Gasteiger partial charge < -0.3 is 14.4 Å². The second-order valence-corrected chi connectivity index (χ2v) is 7.93. The van der Waals surface area contributed by atoms with Gasteiger partial charge in [-0.05, 0) is 31.0 Å². The van der Waals surface area contributed by atoms with E-state index in [-0.39, 0.29) is 17.7 Å². The summed E-state index contributed by atoms with van der Waals surface area (Å²) in [7, 11) is 1.80. The van der Waals surface area contributed by atoms with Crippen LogP contribution in [-0.4, -0.2) is 51.3 Å². The second-order valence-electron chi connectivity index (χ2n) is 7.93. The zero-order valence-electron chi connectivity index (χ0n) is 17.6. The Labute approximate surface area is 177 Å². The van der Waals surface area contributed by atoms with Crippen LogP contribution in [0.4, 0.5) is 0 Å². The average Bonchev–Trinajstić information content (AvgIpc) is 3.31. The molecule has 0 bridgehead atoms. The Bertz CT molecular complexity index is 1040. The molecule has 0 spiro atoms. The van der Waals surface area contributed by atoms with Crippen LogP contribution >= 0.6 is 0 Å². The van der Waals surface area contributed by atoms with Gasteiger partial charge in [-0.25, -0.2) is 4.98 Å². The first-order valence-electron chi connectivity index (χ1n) is 10.6. The lowest BCUT2D eigenvalue weighted by Gasteiger charge is -2.21. The summed E-state index contributed by atoms with van der Waals surface area (Å²) in [5.41, 5.74) is 3.23. The normalized spacial score (nSPS) is 16.4. The van der Waals surface area contributed by atoms with Crippen molar-refractivity contribution in [3.05, 3.63) is 66.0 Å². The highest BCUT2D eigenvalue weighted by atomic mass is 16.2. The maximum atomic E-state index is 13.0. The van der Waals surface area contributed by atoms with E-state index in [1.807, 2.05) is 41.3 Å². The Kier molecular flexibility index (Phi) is 5.84. The summed E-state index contributed by atoms with van der Waals surface area (Å²) < 4.78 is 2.14. The fourth-order valence-electron chi connectivity index (χ4n) is 4.26. The third-order valence-corrected chi connectivity index (χ3v) is 5.88. The van der Waals surface area contributed by atoms with Crippen molar-refractivity contribution in [2.75, 3.05) is 20.1 Å². The summed E-state index contributed by atoms with van der Waals surface area (Å²) in [5, 5.41) is 0. The standard InChI is InChI=1S/C24H28N4O2/c1-3-28-21-12-8-7-11-20(21)25-22(28)17-26(2)24(30)19-15-23(29)27(16-19)14-13-18-9-5-4-6-10-18/h4-12,19H,3,13-17H2,1-2H3. The second kappa shape index (κ2) is 8.69. The number of carbonyl (C=O) groups is 2. The molecule has 0 saturated carbocycles. The number of aromatic nitrogens is 2. The molecule has 0 aliphatic carbocycles. The van der Waals surface area contributed by atoms with Crippen LogP contribution in [0.3, 0.4) is 0 Å². The first kappa shape index (κ1) is 20.1. The molecule has 30 heavy (non-hydrogen) atoms. The van der Waals surface area contributed by atoms with Crippen molar-refractivity contribution >= 4 is 22.8 Å². The van der Waals surface area contributed by atoms with Crippen molar-refractivity contribution in [2.45, 2.75) is 32.9 Å². The molecule has 0 N–H and O–H groups in total. The number of hydrogen-bond donors (Lipinski definition) is 0. The van der Waals surface area contributed by atoms with Crippen LogP contribution in [0.15, 0.2) is 54.6 Å². The molecule has 1 atom stereocenters. The number of imidazole rings is 1. The number of rotatable bonds is 7. The smallest absolute Gasteiger partial charge is 0.228 e. The summed E-state index contributed by atoms with van der Waals surface area (Å²) in [4.78, 5) is 33.7. The quantitative estimate of drug-likeness (QED) is 0.608. The molecular formula is C24H28N4O2. The van der Waals surface area contributed by atoms with E-state index in [0.717, 1.165) is 29.8 Å². The van der Waals surface area contributed by atoms with E-state index in [4.69, 9.17) is 4.98 Å². The number of aryl methyl sites for hydroxylation is 1. The van der Waals surface area contributed by atoms with Gasteiger partial charge in [-0.15, -0.1) is 0 Å². The van der Waals surface area contributed by atoms with E-state index < -0.39 is 0 Å². The molecule has 1 saturated heterocycles. The van der Waals surface area contributed by atoms with E-state index in [9.17, 15) is 9.59 Å². The van der Waals surface area contributed by atoms with E-state index in [0.29, 0.717) is 26.1 Å². The molecule has 2 amide bonds. The molecule has 156 valence electrons. The SMILES string of the molecule is CCn1c(CN(C)C(=O)C2CC(=O)N(CCc3ccccc3)C2)nc2ccccc21. The molecule has 6 nitrogen and oxygen atoms in total. The molecule has 0 radical (unpaired) electrons. The van der Waals surface area contributed by atoms with Gasteiger partial charge in [-0.2, -0.15) is 0 Å². The van der Waals surface area contributed by atoms with E-state index in [1.165, 1.54) is 5.56 Å². The average molecular weight is 405 g/mol. The van der Waals surface area contributed by atoms with Crippen molar-refractivity contribution < 1.29 is 9.59 Å². The van der Waals surface area contributed by atoms with Crippen molar-refractivity contribution in [3.8, 4) is 0 Å². The van der Waals surface area contributed by atoms with Crippen LogP contribution in [0.2, 0.25) is 0 Å². The molecule has 3 aromatic rings. The van der Waals surface area contributed by atoms with Crippen LogP contribution in [0.5, 0.6) is 0 Å². The molecule has 1 aromatic heterocycles. The molecule has 4 rings (SSSR count). The number of likely N-dealkylation sites (tertiary alicyclic amines) is 1. The zero-order valence-corrected chi connectivity index (χ0v) is 17.6. The Hall–Kier alpha value is -3.15. The fraction of sp³-hybridized carbons (Fsp3) is 0.375. The summed E-state index contributed by atoms with van der Waals surface area (Å²) >= 11 is 0. The van der Waals surface area contributed by atoms with Crippen LogP contribution in [-0.2, 0) is 29.1 Å². The predicted molar refractivity (Wildman–Crippen MR) is 117 cm³/mol. The number of benzene rings is 2. The van der Waals surface area contributed by atoms with Crippen molar-refractivity contribution in [1.82, 2.24) is 19.4 Å². The number of carbonyl (C=O) groups excluding carboxylic acids is 2. The Morgan fingerprint density at radius 3 is 2.63 bits per heavy atom. The van der Waals surface area contributed by atoms with Crippen LogP contribution in [0.1, 0.15) is 24.7 Å². The molecule has 1 fully saturated rings. The fourth-order valence-corrected chi connectivity index (χ4v) is 4.26. The van der Waals surface area contributed by atoms with Crippen LogP contribution in [0, 0.1) is 5.92 Å². The molecule has 1 unspecified atom stereocenters. The number of nitrogens with zero attached hydrogens (tertiary/aromatic N) is 4. The van der Waals surface area contributed by atoms with Gasteiger partial charge in [0.1, 0.15) is 5.82 Å². The first-order chi connectivity index (χ1) is 14.6. The highest BCUT2D eigenvalue weighted by Crippen LogP contribution is 2.22. The Balaban J connectivity index is 1.39. The molecule has 6 heteroatoms. The summed E-state index contributed by atoms with van der Waals surface area (Å²) in [6.45, 7) is 4.48. The van der Waals surface area contributed by atoms with Crippen LogP contribution in [0.25, 0.3) is 11.0 Å². The number of amides is 2. The lowest BCUT2D eigenvalue weighted by atomic mass is 10.1. The van der Waals surface area contributed by atoms with Crippen molar-refractivity contribution in [3.63, 3.8) is 0 Å². The lowest BCUT2D eigenvalue weighted by molar-refractivity contribution is -0.135. The summed E-state index contributed by atoms with van der Waals surface area (Å²) in [6.07, 6.45) is 1.10. The van der Waals surface area contributed by atoms with Crippen LogP contribution < -0.4 is 0 Å². The minimum absolute atomic E-state index is 0.0141. The maximum absolute atomic E-state index is 13.0. The summed E-state index contributed by atoms with van der Waals surface area (Å²) in [6, 6.07) is 18.2. The third kappa shape index (κ3) is 4.08.